The highest BCUT2D eigenvalue weighted by Gasteiger charge is 2.17. The van der Waals surface area contributed by atoms with Gasteiger partial charge in [-0.1, -0.05) is 31.0 Å². The zero-order valence-electron chi connectivity index (χ0n) is 11.6. The summed E-state index contributed by atoms with van der Waals surface area (Å²) in [6.07, 6.45) is 2.02. The van der Waals surface area contributed by atoms with Crippen LogP contribution in [0.4, 0.5) is 0 Å². The summed E-state index contributed by atoms with van der Waals surface area (Å²) in [5, 5.41) is 0.173. The van der Waals surface area contributed by atoms with Crippen LogP contribution in [-0.4, -0.2) is 28.2 Å². The van der Waals surface area contributed by atoms with Crippen molar-refractivity contribution in [1.29, 1.82) is 0 Å². The number of unbranched alkanes of at least 4 members (excludes halogenated alkanes) is 1. The van der Waals surface area contributed by atoms with Gasteiger partial charge in [-0.2, -0.15) is 0 Å². The Labute approximate surface area is 125 Å². The Morgan fingerprint density at radius 3 is 2.70 bits per heavy atom. The maximum atomic E-state index is 12.1. The molecule has 3 N–H and O–H groups in total. The molecule has 1 aromatic rings. The average molecular weight is 321 g/mol. The smallest absolute Gasteiger partial charge is 0.242 e. The van der Waals surface area contributed by atoms with Crippen molar-refractivity contribution in [2.24, 2.45) is 5.73 Å². The van der Waals surface area contributed by atoms with Crippen LogP contribution < -0.4 is 10.5 Å². The van der Waals surface area contributed by atoms with Gasteiger partial charge in [0, 0.05) is 19.7 Å². The molecule has 0 heterocycles. The van der Waals surface area contributed by atoms with Crippen LogP contribution in [-0.2, 0) is 21.3 Å². The summed E-state index contributed by atoms with van der Waals surface area (Å²) in [4.78, 5) is 0.0601. The lowest BCUT2D eigenvalue weighted by Gasteiger charge is -2.09. The number of hydrogen-bond donors (Lipinski definition) is 2. The fraction of sp³-hybridized carbons (Fsp3) is 0.538. The number of nitrogens with one attached hydrogen (secondary N) is 1. The normalized spacial score (nSPS) is 11.8. The van der Waals surface area contributed by atoms with E-state index < -0.39 is 10.0 Å². The number of nitrogens with two attached hydrogens (primary N) is 1. The van der Waals surface area contributed by atoms with Crippen molar-refractivity contribution in [2.45, 2.75) is 31.2 Å². The van der Waals surface area contributed by atoms with E-state index in [0.29, 0.717) is 19.8 Å². The third-order valence-corrected chi connectivity index (χ3v) is 4.65. The minimum absolute atomic E-state index is 0.0601. The first-order valence-corrected chi connectivity index (χ1v) is 8.43. The summed E-state index contributed by atoms with van der Waals surface area (Å²) in [5.41, 5.74) is 6.26. The summed E-state index contributed by atoms with van der Waals surface area (Å²) in [5.74, 6) is 0. The number of hydrogen-bond acceptors (Lipinski definition) is 4. The van der Waals surface area contributed by atoms with Gasteiger partial charge in [-0.15, -0.1) is 0 Å². The predicted molar refractivity (Wildman–Crippen MR) is 80.3 cm³/mol. The van der Waals surface area contributed by atoms with Gasteiger partial charge in [0.2, 0.25) is 10.0 Å². The van der Waals surface area contributed by atoms with Crippen LogP contribution in [0.2, 0.25) is 5.02 Å². The summed E-state index contributed by atoms with van der Waals surface area (Å²) < 4.78 is 31.9. The molecule has 0 unspecified atom stereocenters. The second-order valence-electron chi connectivity index (χ2n) is 4.33. The minimum atomic E-state index is -3.61. The third kappa shape index (κ3) is 5.38. The third-order valence-electron chi connectivity index (χ3n) is 2.70. The fourth-order valence-electron chi connectivity index (χ4n) is 1.56. The van der Waals surface area contributed by atoms with Gasteiger partial charge in [-0.3, -0.25) is 0 Å². The molecule has 0 amide bonds. The van der Waals surface area contributed by atoms with E-state index >= 15 is 0 Å². The zero-order chi connectivity index (χ0) is 15.0. The highest BCUT2D eigenvalue weighted by atomic mass is 35.5. The van der Waals surface area contributed by atoms with Crippen molar-refractivity contribution in [3.8, 4) is 0 Å². The number of sulfonamides is 1. The van der Waals surface area contributed by atoms with Crippen molar-refractivity contribution < 1.29 is 13.2 Å². The Hall–Kier alpha value is -0.660. The van der Waals surface area contributed by atoms with Crippen molar-refractivity contribution in [2.75, 3.05) is 19.8 Å². The topological polar surface area (TPSA) is 81.4 Å². The van der Waals surface area contributed by atoms with Crippen LogP contribution in [0.5, 0.6) is 0 Å². The van der Waals surface area contributed by atoms with Crippen LogP contribution in [0.25, 0.3) is 0 Å². The van der Waals surface area contributed by atoms with E-state index in [4.69, 9.17) is 22.1 Å². The Balaban J connectivity index is 2.56. The molecule has 0 aliphatic rings. The van der Waals surface area contributed by atoms with Gasteiger partial charge in [0.25, 0.3) is 0 Å². The Kier molecular flexibility index (Phi) is 7.47. The highest BCUT2D eigenvalue weighted by Crippen LogP contribution is 2.22. The van der Waals surface area contributed by atoms with Crippen molar-refractivity contribution in [1.82, 2.24) is 4.72 Å². The second kappa shape index (κ2) is 8.59. The molecule has 0 atom stereocenters. The molecule has 20 heavy (non-hydrogen) atoms. The van der Waals surface area contributed by atoms with Gasteiger partial charge in [0.15, 0.2) is 0 Å². The van der Waals surface area contributed by atoms with Crippen LogP contribution in [0.15, 0.2) is 23.1 Å². The molecule has 0 aliphatic carbocycles. The lowest BCUT2D eigenvalue weighted by atomic mass is 10.2. The molecule has 1 aromatic carbocycles. The molecule has 5 nitrogen and oxygen atoms in total. The maximum absolute atomic E-state index is 12.1. The highest BCUT2D eigenvalue weighted by molar-refractivity contribution is 7.89. The van der Waals surface area contributed by atoms with Gasteiger partial charge in [0.05, 0.1) is 11.6 Å². The summed E-state index contributed by atoms with van der Waals surface area (Å²) in [6, 6.07) is 4.68. The largest absolute Gasteiger partial charge is 0.380 e. The van der Waals surface area contributed by atoms with Gasteiger partial charge in [0.1, 0.15) is 4.90 Å². The molecular weight excluding hydrogens is 300 g/mol. The molecular formula is C13H21ClN2O3S. The van der Waals surface area contributed by atoms with E-state index in [9.17, 15) is 8.42 Å². The van der Waals surface area contributed by atoms with Crippen LogP contribution >= 0.6 is 11.6 Å². The van der Waals surface area contributed by atoms with Gasteiger partial charge >= 0.3 is 0 Å². The van der Waals surface area contributed by atoms with Gasteiger partial charge < -0.3 is 10.5 Å². The van der Waals surface area contributed by atoms with E-state index in [1.807, 2.05) is 0 Å². The van der Waals surface area contributed by atoms with Crippen LogP contribution in [0.1, 0.15) is 25.3 Å². The molecule has 114 valence electrons. The second-order valence-corrected chi connectivity index (χ2v) is 6.48. The van der Waals surface area contributed by atoms with E-state index in [0.717, 1.165) is 18.4 Å². The molecule has 1 rings (SSSR count). The van der Waals surface area contributed by atoms with Crippen molar-refractivity contribution >= 4 is 21.6 Å². The SMILES string of the molecule is CCCCOCCNS(=O)(=O)c1ccc(CN)cc1Cl. The molecule has 0 saturated carbocycles. The monoisotopic (exact) mass is 320 g/mol. The predicted octanol–water partition coefficient (Wildman–Crippen LogP) is 1.89. The van der Waals surface area contributed by atoms with Crippen molar-refractivity contribution in [3.05, 3.63) is 28.8 Å². The fourth-order valence-corrected chi connectivity index (χ4v) is 3.14. The Morgan fingerprint density at radius 1 is 1.35 bits per heavy atom. The van der Waals surface area contributed by atoms with E-state index in [1.54, 1.807) is 12.1 Å². The first kappa shape index (κ1) is 17.4. The first-order valence-electron chi connectivity index (χ1n) is 6.57. The zero-order valence-corrected chi connectivity index (χ0v) is 13.1. The lowest BCUT2D eigenvalue weighted by molar-refractivity contribution is 0.136. The average Bonchev–Trinajstić information content (AvgIpc) is 2.42. The number of benzene rings is 1. The van der Waals surface area contributed by atoms with E-state index in [1.165, 1.54) is 6.07 Å². The maximum Gasteiger partial charge on any atom is 0.242 e. The standard InChI is InChI=1S/C13H21ClN2O3S/c1-2-3-7-19-8-6-16-20(17,18)13-5-4-11(10-15)9-12(13)14/h4-5,9,16H,2-3,6-8,10,15H2,1H3. The molecule has 0 aromatic heterocycles. The Bertz CT molecular complexity index is 520. The number of rotatable bonds is 9. The summed E-state index contributed by atoms with van der Waals surface area (Å²) >= 11 is 5.97. The molecule has 0 bridgehead atoms. The first-order chi connectivity index (χ1) is 9.51. The van der Waals surface area contributed by atoms with Crippen LogP contribution in [0.3, 0.4) is 0 Å². The van der Waals surface area contributed by atoms with Crippen LogP contribution in [0, 0.1) is 0 Å². The molecule has 0 aliphatic heterocycles. The summed E-state index contributed by atoms with van der Waals surface area (Å²) in [6.45, 7) is 3.60. The van der Waals surface area contributed by atoms with E-state index in [2.05, 4.69) is 11.6 Å². The van der Waals surface area contributed by atoms with Gasteiger partial charge in [-0.05, 0) is 24.1 Å². The molecule has 0 spiro atoms. The molecule has 7 heteroatoms. The Morgan fingerprint density at radius 2 is 2.10 bits per heavy atom. The van der Waals surface area contributed by atoms with Crippen molar-refractivity contribution in [3.63, 3.8) is 0 Å². The minimum Gasteiger partial charge on any atom is -0.380 e. The molecule has 0 saturated heterocycles. The molecule has 0 fully saturated rings. The molecule has 0 radical (unpaired) electrons. The quantitative estimate of drug-likeness (QED) is 0.681. The lowest BCUT2D eigenvalue weighted by Crippen LogP contribution is -2.27. The number of ether oxygens (including phenoxy) is 1. The van der Waals surface area contributed by atoms with Gasteiger partial charge in [-0.25, -0.2) is 13.1 Å². The van der Waals surface area contributed by atoms with E-state index in [-0.39, 0.29) is 16.5 Å². The number of halogens is 1. The summed E-state index contributed by atoms with van der Waals surface area (Å²) in [7, 11) is -3.61.